The third-order valence-electron chi connectivity index (χ3n) is 1.44. The lowest BCUT2D eigenvalue weighted by Gasteiger charge is -2.11. The molecule has 0 aromatic heterocycles. The third kappa shape index (κ3) is 4.73. The van der Waals surface area contributed by atoms with E-state index in [1.807, 2.05) is 5.70 Å². The average molecular weight is 163 g/mol. The molecule has 0 fully saturated rings. The molecular formula is C7H15ClSi. The first kappa shape index (κ1) is 9.25. The van der Waals surface area contributed by atoms with Crippen LogP contribution in [0, 0.1) is 0 Å². The van der Waals surface area contributed by atoms with Crippen LogP contribution in [0.25, 0.3) is 0 Å². The van der Waals surface area contributed by atoms with Crippen molar-refractivity contribution in [2.45, 2.75) is 32.4 Å². The van der Waals surface area contributed by atoms with Crippen LogP contribution >= 0.6 is 11.1 Å². The van der Waals surface area contributed by atoms with Crippen LogP contribution in [0.4, 0.5) is 0 Å². The molecule has 0 aliphatic carbocycles. The fraction of sp³-hybridized carbons (Fsp3) is 0.714. The van der Waals surface area contributed by atoms with E-state index < -0.39 is 7.38 Å². The summed E-state index contributed by atoms with van der Waals surface area (Å²) in [5.74, 6) is 0. The molecule has 0 spiro atoms. The van der Waals surface area contributed by atoms with E-state index >= 15 is 0 Å². The third-order valence-corrected chi connectivity index (χ3v) is 4.66. The smallest absolute Gasteiger partial charge is 0.162 e. The largest absolute Gasteiger partial charge is 0.176 e. The van der Waals surface area contributed by atoms with Crippen molar-refractivity contribution in [2.24, 2.45) is 0 Å². The summed E-state index contributed by atoms with van der Waals surface area (Å²) in [6.45, 7) is 8.04. The Morgan fingerprint density at radius 3 is 2.56 bits per heavy atom. The second-order valence-electron chi connectivity index (χ2n) is 2.59. The molecule has 54 valence electrons. The molecule has 0 nitrogen and oxygen atoms in total. The summed E-state index contributed by atoms with van der Waals surface area (Å²) in [6.07, 6.45) is 2.49. The highest BCUT2D eigenvalue weighted by Crippen LogP contribution is 2.18. The van der Waals surface area contributed by atoms with Gasteiger partial charge in [0.1, 0.15) is 0 Å². The normalized spacial score (nSPS) is 16.8. The fourth-order valence-electron chi connectivity index (χ4n) is 0.624. The van der Waals surface area contributed by atoms with Crippen molar-refractivity contribution < 1.29 is 0 Å². The molecule has 0 amide bonds. The van der Waals surface area contributed by atoms with Crippen LogP contribution in [-0.4, -0.2) is 7.38 Å². The molecule has 2 heteroatoms. The highest BCUT2D eigenvalue weighted by molar-refractivity contribution is 7.22. The van der Waals surface area contributed by atoms with E-state index in [1.165, 1.54) is 18.9 Å². The summed E-state index contributed by atoms with van der Waals surface area (Å²) in [4.78, 5) is 0. The van der Waals surface area contributed by atoms with Gasteiger partial charge in [0, 0.05) is 0 Å². The SMILES string of the molecule is C=C[Si](C)(Cl)CCCC. The van der Waals surface area contributed by atoms with Crippen molar-refractivity contribution in [3.8, 4) is 0 Å². The maximum absolute atomic E-state index is 6.12. The van der Waals surface area contributed by atoms with E-state index in [0.29, 0.717) is 0 Å². The molecule has 0 aliphatic rings. The topological polar surface area (TPSA) is 0 Å². The molecule has 0 bridgehead atoms. The maximum atomic E-state index is 6.12. The number of rotatable bonds is 4. The lowest BCUT2D eigenvalue weighted by atomic mass is 10.4. The Bertz CT molecular complexity index is 88.9. The van der Waals surface area contributed by atoms with Crippen LogP contribution < -0.4 is 0 Å². The molecule has 1 atom stereocenters. The second kappa shape index (κ2) is 4.12. The van der Waals surface area contributed by atoms with Gasteiger partial charge in [-0.1, -0.05) is 32.0 Å². The minimum atomic E-state index is -1.46. The number of hydrogen-bond acceptors (Lipinski definition) is 0. The number of halogens is 1. The van der Waals surface area contributed by atoms with Gasteiger partial charge in [-0.3, -0.25) is 0 Å². The summed E-state index contributed by atoms with van der Waals surface area (Å²) in [6, 6.07) is 1.18. The first-order valence-corrected chi connectivity index (χ1v) is 7.24. The van der Waals surface area contributed by atoms with Crippen LogP contribution in [0.5, 0.6) is 0 Å². The first-order chi connectivity index (χ1) is 4.12. The van der Waals surface area contributed by atoms with Gasteiger partial charge in [0.05, 0.1) is 0 Å². The monoisotopic (exact) mass is 162 g/mol. The molecular weight excluding hydrogens is 148 g/mol. The predicted octanol–water partition coefficient (Wildman–Crippen LogP) is 3.33. The minimum absolute atomic E-state index is 1.18. The molecule has 1 unspecified atom stereocenters. The number of hydrogen-bond donors (Lipinski definition) is 0. The average Bonchev–Trinajstić information content (AvgIpc) is 1.84. The zero-order valence-electron chi connectivity index (χ0n) is 6.28. The predicted molar refractivity (Wildman–Crippen MR) is 47.4 cm³/mol. The van der Waals surface area contributed by atoms with Crippen molar-refractivity contribution in [2.75, 3.05) is 0 Å². The second-order valence-corrected chi connectivity index (χ2v) is 8.64. The number of unbranched alkanes of at least 4 members (excludes halogenated alkanes) is 1. The molecule has 0 saturated heterocycles. The first-order valence-electron chi connectivity index (χ1n) is 3.45. The summed E-state index contributed by atoms with van der Waals surface area (Å²) in [5, 5.41) is 0. The maximum Gasteiger partial charge on any atom is 0.176 e. The van der Waals surface area contributed by atoms with Crippen molar-refractivity contribution in [3.63, 3.8) is 0 Å². The minimum Gasteiger partial charge on any atom is -0.162 e. The fourth-order valence-corrected chi connectivity index (χ4v) is 2.27. The molecule has 0 aromatic carbocycles. The Hall–Kier alpha value is 0.247. The lowest BCUT2D eigenvalue weighted by Crippen LogP contribution is -2.17. The van der Waals surface area contributed by atoms with Crippen molar-refractivity contribution in [3.05, 3.63) is 12.3 Å². The zero-order chi connectivity index (χ0) is 7.33. The molecule has 0 aliphatic heterocycles. The van der Waals surface area contributed by atoms with Crippen molar-refractivity contribution >= 4 is 18.5 Å². The van der Waals surface area contributed by atoms with E-state index in [1.54, 1.807) is 0 Å². The Morgan fingerprint density at radius 2 is 2.22 bits per heavy atom. The Labute approximate surface area is 63.6 Å². The molecule has 0 aromatic rings. The van der Waals surface area contributed by atoms with Gasteiger partial charge in [-0.2, -0.15) is 11.1 Å². The van der Waals surface area contributed by atoms with Crippen molar-refractivity contribution in [1.82, 2.24) is 0 Å². The Kier molecular flexibility index (Phi) is 4.24. The van der Waals surface area contributed by atoms with E-state index in [2.05, 4.69) is 20.0 Å². The van der Waals surface area contributed by atoms with Gasteiger partial charge in [-0.05, 0) is 6.04 Å². The van der Waals surface area contributed by atoms with Gasteiger partial charge >= 0.3 is 0 Å². The highest BCUT2D eigenvalue weighted by Gasteiger charge is 2.17. The van der Waals surface area contributed by atoms with E-state index in [4.69, 9.17) is 11.1 Å². The zero-order valence-corrected chi connectivity index (χ0v) is 8.04. The van der Waals surface area contributed by atoms with E-state index in [0.717, 1.165) is 0 Å². The van der Waals surface area contributed by atoms with E-state index in [-0.39, 0.29) is 0 Å². The van der Waals surface area contributed by atoms with Gasteiger partial charge < -0.3 is 0 Å². The summed E-state index contributed by atoms with van der Waals surface area (Å²) >= 11 is 6.12. The Morgan fingerprint density at radius 1 is 1.67 bits per heavy atom. The summed E-state index contributed by atoms with van der Waals surface area (Å²) < 4.78 is 0. The standard InChI is InChI=1S/C7H15ClSi/c1-4-6-7-9(3,8)5-2/h5H,2,4,6-7H2,1,3H3. The Balaban J connectivity index is 3.45. The van der Waals surface area contributed by atoms with Crippen LogP contribution in [0.3, 0.4) is 0 Å². The van der Waals surface area contributed by atoms with Crippen LogP contribution in [0.15, 0.2) is 12.3 Å². The molecule has 0 rings (SSSR count). The van der Waals surface area contributed by atoms with Gasteiger partial charge in [-0.25, -0.2) is 0 Å². The van der Waals surface area contributed by atoms with Crippen LogP contribution in [0.1, 0.15) is 19.8 Å². The molecule has 0 N–H and O–H groups in total. The molecule has 0 heterocycles. The summed E-state index contributed by atoms with van der Waals surface area (Å²) in [7, 11) is -1.46. The van der Waals surface area contributed by atoms with Crippen LogP contribution in [-0.2, 0) is 0 Å². The van der Waals surface area contributed by atoms with Gasteiger partial charge in [0.15, 0.2) is 7.38 Å². The van der Waals surface area contributed by atoms with Crippen molar-refractivity contribution in [1.29, 1.82) is 0 Å². The highest BCUT2D eigenvalue weighted by atomic mass is 35.6. The molecule has 9 heavy (non-hydrogen) atoms. The quantitative estimate of drug-likeness (QED) is 0.440. The van der Waals surface area contributed by atoms with Gasteiger partial charge in [0.2, 0.25) is 0 Å². The molecule has 0 saturated carbocycles. The molecule has 0 radical (unpaired) electrons. The lowest BCUT2D eigenvalue weighted by molar-refractivity contribution is 0.874. The van der Waals surface area contributed by atoms with Gasteiger partial charge in [0.25, 0.3) is 0 Å². The van der Waals surface area contributed by atoms with Gasteiger partial charge in [-0.15, -0.1) is 6.58 Å². The van der Waals surface area contributed by atoms with Crippen LogP contribution in [0.2, 0.25) is 12.6 Å². The van der Waals surface area contributed by atoms with E-state index in [9.17, 15) is 0 Å². The summed E-state index contributed by atoms with van der Waals surface area (Å²) in [5.41, 5.74) is 1.95.